The zero-order chi connectivity index (χ0) is 18.1. The quantitative estimate of drug-likeness (QED) is 0.755. The van der Waals surface area contributed by atoms with Crippen molar-refractivity contribution in [3.05, 3.63) is 30.1 Å². The third kappa shape index (κ3) is 7.70. The summed E-state index contributed by atoms with van der Waals surface area (Å²) in [6, 6.07) is 3.60. The summed E-state index contributed by atoms with van der Waals surface area (Å²) in [6.07, 6.45) is -0.337. The van der Waals surface area contributed by atoms with Gasteiger partial charge in [0.05, 0.1) is 0 Å². The topological polar surface area (TPSA) is 57.7 Å². The van der Waals surface area contributed by atoms with Crippen LogP contribution in [0.5, 0.6) is 0 Å². The standard InChI is InChI=1S/C16H23F3N4O2/c17-16(18,19)13-25-10-2-5-22-6-8-23(9-7-22)15(24)21-12-14-3-1-4-20-11-14/h1,3-4,11H,2,5-10,12-13H2,(H,21,24). The number of urea groups is 1. The maximum atomic E-state index is 12.1. The third-order valence-electron chi connectivity index (χ3n) is 3.85. The van der Waals surface area contributed by atoms with Crippen molar-refractivity contribution >= 4 is 6.03 Å². The fourth-order valence-corrected chi connectivity index (χ4v) is 2.54. The average molecular weight is 360 g/mol. The Kier molecular flexibility index (Phi) is 7.45. The van der Waals surface area contributed by atoms with Gasteiger partial charge in [-0.1, -0.05) is 6.07 Å². The van der Waals surface area contributed by atoms with Gasteiger partial charge in [-0.15, -0.1) is 0 Å². The maximum Gasteiger partial charge on any atom is 0.411 e. The maximum absolute atomic E-state index is 12.1. The molecule has 1 saturated heterocycles. The van der Waals surface area contributed by atoms with E-state index < -0.39 is 12.8 Å². The predicted molar refractivity (Wildman–Crippen MR) is 86.0 cm³/mol. The van der Waals surface area contributed by atoms with Crippen molar-refractivity contribution < 1.29 is 22.7 Å². The molecule has 1 aromatic heterocycles. The van der Waals surface area contributed by atoms with Gasteiger partial charge in [0.25, 0.3) is 0 Å². The molecule has 1 aliphatic rings. The number of pyridine rings is 1. The molecule has 0 saturated carbocycles. The van der Waals surface area contributed by atoms with Gasteiger partial charge >= 0.3 is 12.2 Å². The highest BCUT2D eigenvalue weighted by molar-refractivity contribution is 5.74. The Labute approximate surface area is 145 Å². The number of alkyl halides is 3. The van der Waals surface area contributed by atoms with Gasteiger partial charge in [0.15, 0.2) is 0 Å². The monoisotopic (exact) mass is 360 g/mol. The molecule has 6 nitrogen and oxygen atoms in total. The second-order valence-corrected chi connectivity index (χ2v) is 5.87. The molecule has 1 aromatic rings. The number of halogens is 3. The van der Waals surface area contributed by atoms with Crippen LogP contribution in [0.25, 0.3) is 0 Å². The van der Waals surface area contributed by atoms with Crippen molar-refractivity contribution in [3.63, 3.8) is 0 Å². The fourth-order valence-electron chi connectivity index (χ4n) is 2.54. The van der Waals surface area contributed by atoms with Gasteiger partial charge in [-0.3, -0.25) is 9.88 Å². The van der Waals surface area contributed by atoms with Crippen LogP contribution < -0.4 is 5.32 Å². The smallest absolute Gasteiger partial charge is 0.372 e. The van der Waals surface area contributed by atoms with Gasteiger partial charge in [-0.05, 0) is 18.1 Å². The minimum Gasteiger partial charge on any atom is -0.372 e. The summed E-state index contributed by atoms with van der Waals surface area (Å²) in [5.41, 5.74) is 0.938. The fraction of sp³-hybridized carbons (Fsp3) is 0.625. The van der Waals surface area contributed by atoms with Gasteiger partial charge in [0.1, 0.15) is 6.61 Å². The van der Waals surface area contributed by atoms with Crippen molar-refractivity contribution in [2.45, 2.75) is 19.1 Å². The van der Waals surface area contributed by atoms with Crippen LogP contribution in [0, 0.1) is 0 Å². The summed E-state index contributed by atoms with van der Waals surface area (Å²) < 4.78 is 40.4. The third-order valence-corrected chi connectivity index (χ3v) is 3.85. The molecule has 140 valence electrons. The van der Waals surface area contributed by atoms with Crippen molar-refractivity contribution in [1.82, 2.24) is 20.1 Å². The lowest BCUT2D eigenvalue weighted by Crippen LogP contribution is -2.51. The van der Waals surface area contributed by atoms with Gasteiger partial charge < -0.3 is 15.0 Å². The molecule has 1 aliphatic heterocycles. The Bertz CT molecular complexity index is 520. The van der Waals surface area contributed by atoms with Crippen LogP contribution >= 0.6 is 0 Å². The number of hydrogen-bond acceptors (Lipinski definition) is 4. The Hall–Kier alpha value is -1.87. The first-order valence-electron chi connectivity index (χ1n) is 8.22. The second kappa shape index (κ2) is 9.57. The molecule has 0 aromatic carbocycles. The molecule has 25 heavy (non-hydrogen) atoms. The van der Waals surface area contributed by atoms with Crippen LogP contribution in [-0.2, 0) is 11.3 Å². The van der Waals surface area contributed by atoms with Crippen LogP contribution in [-0.4, -0.2) is 72.9 Å². The van der Waals surface area contributed by atoms with Gasteiger partial charge in [0, 0.05) is 58.3 Å². The molecule has 2 amide bonds. The lowest BCUT2D eigenvalue weighted by molar-refractivity contribution is -0.174. The number of carbonyl (C=O) groups excluding carboxylic acids is 1. The molecule has 0 bridgehead atoms. The number of amides is 2. The number of rotatable bonds is 7. The number of ether oxygens (including phenoxy) is 1. The highest BCUT2D eigenvalue weighted by atomic mass is 19.4. The molecular formula is C16H23F3N4O2. The summed E-state index contributed by atoms with van der Waals surface area (Å²) in [6.45, 7) is 2.61. The molecule has 0 radical (unpaired) electrons. The summed E-state index contributed by atoms with van der Waals surface area (Å²) in [7, 11) is 0. The largest absolute Gasteiger partial charge is 0.411 e. The number of piperazine rings is 1. The van der Waals surface area contributed by atoms with E-state index in [1.807, 2.05) is 12.1 Å². The molecule has 0 aliphatic carbocycles. The lowest BCUT2D eigenvalue weighted by Gasteiger charge is -2.34. The Morgan fingerprint density at radius 2 is 2.04 bits per heavy atom. The van der Waals surface area contributed by atoms with E-state index >= 15 is 0 Å². The molecule has 0 spiro atoms. The predicted octanol–water partition coefficient (Wildman–Crippen LogP) is 1.88. The number of nitrogens with zero attached hydrogens (tertiary/aromatic N) is 3. The van der Waals surface area contributed by atoms with E-state index in [1.165, 1.54) is 0 Å². The van der Waals surface area contributed by atoms with Gasteiger partial charge in [0.2, 0.25) is 0 Å². The van der Waals surface area contributed by atoms with Crippen molar-refractivity contribution in [1.29, 1.82) is 0 Å². The SMILES string of the molecule is O=C(NCc1cccnc1)N1CCN(CCCOCC(F)(F)F)CC1. The van der Waals surface area contributed by atoms with Crippen LogP contribution in [0.4, 0.5) is 18.0 Å². The Morgan fingerprint density at radius 3 is 2.68 bits per heavy atom. The summed E-state index contributed by atoms with van der Waals surface area (Å²) in [5.74, 6) is 0. The first-order chi connectivity index (χ1) is 11.9. The molecule has 2 rings (SSSR count). The zero-order valence-corrected chi connectivity index (χ0v) is 14.0. The molecule has 9 heteroatoms. The van der Waals surface area contributed by atoms with Crippen LogP contribution in [0.15, 0.2) is 24.5 Å². The lowest BCUT2D eigenvalue weighted by atomic mass is 10.3. The van der Waals surface area contributed by atoms with Crippen LogP contribution in [0.2, 0.25) is 0 Å². The van der Waals surface area contributed by atoms with E-state index in [0.29, 0.717) is 45.7 Å². The molecular weight excluding hydrogens is 337 g/mol. The molecule has 1 N–H and O–H groups in total. The van der Waals surface area contributed by atoms with Crippen molar-refractivity contribution in [2.24, 2.45) is 0 Å². The summed E-state index contributed by atoms with van der Waals surface area (Å²) >= 11 is 0. The number of aromatic nitrogens is 1. The van der Waals surface area contributed by atoms with Gasteiger partial charge in [-0.2, -0.15) is 13.2 Å². The number of hydrogen-bond donors (Lipinski definition) is 1. The number of nitrogens with one attached hydrogen (secondary N) is 1. The highest BCUT2D eigenvalue weighted by Crippen LogP contribution is 2.14. The first-order valence-corrected chi connectivity index (χ1v) is 8.22. The minimum absolute atomic E-state index is 0.0886. The van der Waals surface area contributed by atoms with E-state index in [2.05, 4.69) is 19.9 Å². The minimum atomic E-state index is -4.27. The van der Waals surface area contributed by atoms with E-state index in [9.17, 15) is 18.0 Å². The van der Waals surface area contributed by atoms with E-state index in [-0.39, 0.29) is 12.6 Å². The normalized spacial score (nSPS) is 16.0. The average Bonchev–Trinajstić information content (AvgIpc) is 2.60. The molecule has 0 atom stereocenters. The zero-order valence-electron chi connectivity index (χ0n) is 14.0. The number of carbonyl (C=O) groups is 1. The summed E-state index contributed by atoms with van der Waals surface area (Å²) in [5, 5.41) is 2.86. The van der Waals surface area contributed by atoms with Crippen molar-refractivity contribution in [3.8, 4) is 0 Å². The van der Waals surface area contributed by atoms with Crippen LogP contribution in [0.3, 0.4) is 0 Å². The Morgan fingerprint density at radius 1 is 1.28 bits per heavy atom. The second-order valence-electron chi connectivity index (χ2n) is 5.87. The highest BCUT2D eigenvalue weighted by Gasteiger charge is 2.27. The molecule has 2 heterocycles. The van der Waals surface area contributed by atoms with Crippen molar-refractivity contribution in [2.75, 3.05) is 45.9 Å². The Balaban J connectivity index is 1.57. The first kappa shape index (κ1) is 19.5. The van der Waals surface area contributed by atoms with Gasteiger partial charge in [-0.25, -0.2) is 4.79 Å². The molecule has 0 unspecified atom stereocenters. The van der Waals surface area contributed by atoms with Crippen LogP contribution in [0.1, 0.15) is 12.0 Å². The summed E-state index contributed by atoms with van der Waals surface area (Å²) in [4.78, 5) is 20.0. The van der Waals surface area contributed by atoms with E-state index in [4.69, 9.17) is 0 Å². The van der Waals surface area contributed by atoms with E-state index in [0.717, 1.165) is 5.56 Å². The molecule has 1 fully saturated rings. The van der Waals surface area contributed by atoms with E-state index in [1.54, 1.807) is 17.3 Å².